The summed E-state index contributed by atoms with van der Waals surface area (Å²) in [4.78, 5) is 56.8. The van der Waals surface area contributed by atoms with Crippen molar-refractivity contribution in [3.63, 3.8) is 0 Å². The molecule has 1 fully saturated rings. The van der Waals surface area contributed by atoms with E-state index >= 15 is 0 Å². The van der Waals surface area contributed by atoms with E-state index in [4.69, 9.17) is 0 Å². The van der Waals surface area contributed by atoms with Crippen molar-refractivity contribution in [3.8, 4) is 0 Å². The van der Waals surface area contributed by atoms with Gasteiger partial charge in [0.2, 0.25) is 5.91 Å². The molecule has 4 aromatic rings. The lowest BCUT2D eigenvalue weighted by atomic mass is 9.63. The summed E-state index contributed by atoms with van der Waals surface area (Å²) in [7, 11) is 0. The SMILES string of the molecule is O=C(c1cccc([N+](=O)[O-])c1)[C@@H]1[C@@H]2C=Cc3ccccc3N2[C@@H](C(=O)c2ccc(Br)cc2)[C@]12C(=O)Nc1ccccc12. The molecule has 0 bridgehead atoms. The fourth-order valence-electron chi connectivity index (χ4n) is 6.86. The van der Waals surface area contributed by atoms with Gasteiger partial charge in [-0.2, -0.15) is 0 Å². The number of carbonyl (C=O) groups excluding carboxylic acids is 3. The number of halogens is 1. The van der Waals surface area contributed by atoms with Crippen LogP contribution >= 0.6 is 15.9 Å². The van der Waals surface area contributed by atoms with E-state index in [2.05, 4.69) is 21.2 Å². The molecule has 9 heteroatoms. The smallest absolute Gasteiger partial charge is 0.270 e. The van der Waals surface area contributed by atoms with Crippen LogP contribution in [0, 0.1) is 16.0 Å². The van der Waals surface area contributed by atoms with Gasteiger partial charge in [0.25, 0.3) is 5.69 Å². The van der Waals surface area contributed by atoms with E-state index in [-0.39, 0.29) is 17.0 Å². The van der Waals surface area contributed by atoms with E-state index in [1.807, 2.05) is 41.3 Å². The Morgan fingerprint density at radius 1 is 0.881 bits per heavy atom. The lowest BCUT2D eigenvalue weighted by Crippen LogP contribution is -2.55. The standard InChI is InChI=1S/C33H22BrN3O5/c34-22-15-12-20(13-16-22)30(39)31-33(24-9-2-3-10-25(24)35-32(33)40)28(29(38)21-7-5-8-23(18-21)37(41)42)27-17-14-19-6-1-4-11-26(19)36(27)31/h1-18,27-28,31H,(H,35,40)/t27-,28-,31-,33+/m0/s1. The number of nitro groups is 1. The summed E-state index contributed by atoms with van der Waals surface area (Å²) in [6, 6.07) is 25.4. The molecule has 42 heavy (non-hydrogen) atoms. The summed E-state index contributed by atoms with van der Waals surface area (Å²) >= 11 is 3.43. The van der Waals surface area contributed by atoms with Crippen LogP contribution in [0.4, 0.5) is 17.1 Å². The van der Waals surface area contributed by atoms with Gasteiger partial charge >= 0.3 is 0 Å². The Morgan fingerprint density at radius 2 is 1.62 bits per heavy atom. The number of ketones is 2. The van der Waals surface area contributed by atoms with E-state index < -0.39 is 40.0 Å². The molecule has 7 rings (SSSR count). The number of amides is 1. The molecular formula is C33H22BrN3O5. The minimum atomic E-state index is -1.63. The van der Waals surface area contributed by atoms with Crippen LogP contribution in [0.5, 0.6) is 0 Å². The lowest BCUT2D eigenvalue weighted by Gasteiger charge is -2.37. The highest BCUT2D eigenvalue weighted by molar-refractivity contribution is 9.10. The predicted octanol–water partition coefficient (Wildman–Crippen LogP) is 6.21. The number of nitro benzene ring substituents is 1. The summed E-state index contributed by atoms with van der Waals surface area (Å²) in [6.07, 6.45) is 3.77. The fourth-order valence-corrected chi connectivity index (χ4v) is 7.13. The number of Topliss-reactive ketones (excluding diaryl/α,β-unsaturated/α-hetero) is 2. The first kappa shape index (κ1) is 26.0. The molecule has 4 atom stereocenters. The van der Waals surface area contributed by atoms with Crippen molar-refractivity contribution in [1.82, 2.24) is 0 Å². The number of hydrogen-bond acceptors (Lipinski definition) is 6. The van der Waals surface area contributed by atoms with Crippen LogP contribution in [-0.4, -0.2) is 34.5 Å². The number of nitrogens with one attached hydrogen (secondary N) is 1. The molecule has 206 valence electrons. The maximum absolute atomic E-state index is 14.7. The molecule has 0 unspecified atom stereocenters. The molecule has 8 nitrogen and oxygen atoms in total. The fraction of sp³-hybridized carbons (Fsp3) is 0.121. The molecule has 1 saturated heterocycles. The second-order valence-electron chi connectivity index (χ2n) is 10.6. The highest BCUT2D eigenvalue weighted by Gasteiger charge is 2.71. The highest BCUT2D eigenvalue weighted by atomic mass is 79.9. The number of hydrogen-bond donors (Lipinski definition) is 1. The second kappa shape index (κ2) is 9.60. The number of carbonyl (C=O) groups is 3. The maximum atomic E-state index is 14.7. The Bertz CT molecular complexity index is 1850. The molecule has 3 aliphatic rings. The molecule has 4 aromatic carbocycles. The van der Waals surface area contributed by atoms with Gasteiger partial charge in [-0.05, 0) is 35.4 Å². The van der Waals surface area contributed by atoms with Crippen molar-refractivity contribution in [2.75, 3.05) is 10.2 Å². The van der Waals surface area contributed by atoms with Crippen LogP contribution in [-0.2, 0) is 10.2 Å². The van der Waals surface area contributed by atoms with E-state index in [9.17, 15) is 24.5 Å². The van der Waals surface area contributed by atoms with Crippen molar-refractivity contribution in [1.29, 1.82) is 0 Å². The van der Waals surface area contributed by atoms with Crippen molar-refractivity contribution in [3.05, 3.63) is 140 Å². The van der Waals surface area contributed by atoms with Gasteiger partial charge in [0.1, 0.15) is 11.5 Å². The first-order valence-corrected chi connectivity index (χ1v) is 14.2. The third kappa shape index (κ3) is 3.63. The highest BCUT2D eigenvalue weighted by Crippen LogP contribution is 2.58. The molecule has 0 aliphatic carbocycles. The van der Waals surface area contributed by atoms with E-state index in [1.165, 1.54) is 24.3 Å². The second-order valence-corrected chi connectivity index (χ2v) is 11.5. The third-order valence-electron chi connectivity index (χ3n) is 8.55. The topological polar surface area (TPSA) is 110 Å². The first-order valence-electron chi connectivity index (χ1n) is 13.4. The van der Waals surface area contributed by atoms with Crippen molar-refractivity contribution in [2.45, 2.75) is 17.5 Å². The van der Waals surface area contributed by atoms with E-state index in [0.717, 1.165) is 15.7 Å². The number of fused-ring (bicyclic) bond motifs is 5. The molecule has 3 aliphatic heterocycles. The van der Waals surface area contributed by atoms with Crippen LogP contribution in [0.1, 0.15) is 31.8 Å². The summed E-state index contributed by atoms with van der Waals surface area (Å²) in [6.45, 7) is 0. The summed E-state index contributed by atoms with van der Waals surface area (Å²) < 4.78 is 0.798. The average Bonchev–Trinajstić information content (AvgIpc) is 3.48. The van der Waals surface area contributed by atoms with Gasteiger partial charge in [-0.15, -0.1) is 0 Å². The van der Waals surface area contributed by atoms with Crippen molar-refractivity contribution >= 4 is 56.5 Å². The number of anilines is 2. The molecular weight excluding hydrogens is 598 g/mol. The summed E-state index contributed by atoms with van der Waals surface area (Å²) in [5.74, 6) is -2.28. The largest absolute Gasteiger partial charge is 0.352 e. The zero-order valence-corrected chi connectivity index (χ0v) is 23.5. The molecule has 0 saturated carbocycles. The average molecular weight is 620 g/mol. The number of rotatable bonds is 5. The van der Waals surface area contributed by atoms with Gasteiger partial charge in [0.15, 0.2) is 11.6 Å². The third-order valence-corrected chi connectivity index (χ3v) is 9.08. The quantitative estimate of drug-likeness (QED) is 0.161. The van der Waals surface area contributed by atoms with Gasteiger partial charge in [-0.3, -0.25) is 24.5 Å². The predicted molar refractivity (Wildman–Crippen MR) is 162 cm³/mol. The van der Waals surface area contributed by atoms with Gasteiger partial charge in [-0.1, -0.05) is 88.7 Å². The van der Waals surface area contributed by atoms with Crippen LogP contribution in [0.25, 0.3) is 6.08 Å². The van der Waals surface area contributed by atoms with Gasteiger partial charge in [-0.25, -0.2) is 0 Å². The minimum Gasteiger partial charge on any atom is -0.352 e. The number of non-ortho nitro benzene ring substituents is 1. The number of nitrogens with zero attached hydrogens (tertiary/aromatic N) is 2. The van der Waals surface area contributed by atoms with Gasteiger partial charge in [0, 0.05) is 39.1 Å². The molecule has 1 spiro atoms. The van der Waals surface area contributed by atoms with Crippen LogP contribution in [0.2, 0.25) is 0 Å². The summed E-state index contributed by atoms with van der Waals surface area (Å²) in [5, 5.41) is 14.6. The van der Waals surface area contributed by atoms with E-state index in [1.54, 1.807) is 48.5 Å². The molecule has 0 radical (unpaired) electrons. The van der Waals surface area contributed by atoms with Gasteiger partial charge in [0.05, 0.1) is 16.9 Å². The zero-order valence-electron chi connectivity index (χ0n) is 21.9. The Morgan fingerprint density at radius 3 is 2.40 bits per heavy atom. The van der Waals surface area contributed by atoms with Crippen molar-refractivity contribution in [2.24, 2.45) is 5.92 Å². The monoisotopic (exact) mass is 619 g/mol. The minimum absolute atomic E-state index is 0.106. The maximum Gasteiger partial charge on any atom is 0.270 e. The van der Waals surface area contributed by atoms with Crippen molar-refractivity contribution < 1.29 is 19.3 Å². The molecule has 3 heterocycles. The van der Waals surface area contributed by atoms with Gasteiger partial charge < -0.3 is 10.2 Å². The number of para-hydroxylation sites is 2. The first-order chi connectivity index (χ1) is 20.3. The zero-order chi connectivity index (χ0) is 29.2. The molecule has 1 amide bonds. The number of benzene rings is 4. The molecule has 0 aromatic heterocycles. The Hall–Kier alpha value is -4.89. The summed E-state index contributed by atoms with van der Waals surface area (Å²) in [5.41, 5.74) is 1.31. The normalized spacial score (nSPS) is 23.2. The van der Waals surface area contributed by atoms with Crippen LogP contribution in [0.3, 0.4) is 0 Å². The molecule has 1 N–H and O–H groups in total. The van der Waals surface area contributed by atoms with Crippen LogP contribution in [0.15, 0.2) is 108 Å². The Labute approximate surface area is 248 Å². The Balaban J connectivity index is 1.53. The van der Waals surface area contributed by atoms with Crippen LogP contribution < -0.4 is 10.2 Å². The lowest BCUT2D eigenvalue weighted by molar-refractivity contribution is -0.384. The Kier molecular flexibility index (Phi) is 5.95. The van der Waals surface area contributed by atoms with E-state index in [0.29, 0.717) is 16.8 Å².